The number of hydrogen-bond donors (Lipinski definition) is 3. The highest BCUT2D eigenvalue weighted by molar-refractivity contribution is 5.96. The molecule has 0 spiro atoms. The zero-order valence-electron chi connectivity index (χ0n) is 19.2. The van der Waals surface area contributed by atoms with Crippen LogP contribution in [0.5, 0.6) is 0 Å². The predicted molar refractivity (Wildman–Crippen MR) is 127 cm³/mol. The standard InChI is InChI=1S/C24H32N6O2/c1-6-21(31)28-18-8-7-9-19(16(18)4)30(5)20-13-26-22(23(25)32)24(29-20)27-17-11-10-14(2)15(3)12-17/h6,10-13,16,18-19H,1,7-9H2,2-5H3,(H2,25,32)(H,27,29)(H,28,31)/t16-,18?,19+/m0/s1. The van der Waals surface area contributed by atoms with Crippen molar-refractivity contribution in [2.24, 2.45) is 11.7 Å². The number of anilines is 3. The normalized spacial score (nSPS) is 20.3. The van der Waals surface area contributed by atoms with Gasteiger partial charge in [0.05, 0.1) is 6.20 Å². The number of carbonyl (C=O) groups is 2. The van der Waals surface area contributed by atoms with Gasteiger partial charge in [-0.2, -0.15) is 0 Å². The average molecular weight is 437 g/mol. The first kappa shape index (κ1) is 23.2. The van der Waals surface area contributed by atoms with E-state index in [-0.39, 0.29) is 29.6 Å². The second-order valence-electron chi connectivity index (χ2n) is 8.50. The fourth-order valence-electron chi connectivity index (χ4n) is 4.28. The number of nitrogens with two attached hydrogens (primary N) is 1. The molecule has 1 fully saturated rings. The number of amides is 2. The van der Waals surface area contributed by atoms with Crippen molar-refractivity contribution in [3.8, 4) is 0 Å². The lowest BCUT2D eigenvalue weighted by molar-refractivity contribution is -0.117. The molecule has 3 atom stereocenters. The van der Waals surface area contributed by atoms with Gasteiger partial charge in [-0.25, -0.2) is 9.97 Å². The van der Waals surface area contributed by atoms with Crippen molar-refractivity contribution in [1.82, 2.24) is 15.3 Å². The number of nitrogens with zero attached hydrogens (tertiary/aromatic N) is 3. The van der Waals surface area contributed by atoms with Gasteiger partial charge in [0, 0.05) is 24.8 Å². The minimum absolute atomic E-state index is 0.0627. The molecule has 2 amide bonds. The molecule has 1 aliphatic carbocycles. The molecule has 1 saturated carbocycles. The number of benzene rings is 1. The van der Waals surface area contributed by atoms with E-state index in [1.54, 1.807) is 6.20 Å². The first-order valence-corrected chi connectivity index (χ1v) is 10.9. The monoisotopic (exact) mass is 436 g/mol. The first-order chi connectivity index (χ1) is 15.2. The average Bonchev–Trinajstić information content (AvgIpc) is 2.77. The number of hydrogen-bond acceptors (Lipinski definition) is 6. The predicted octanol–water partition coefficient (Wildman–Crippen LogP) is 3.23. The van der Waals surface area contributed by atoms with Crippen LogP contribution in [0.1, 0.15) is 47.8 Å². The van der Waals surface area contributed by atoms with Gasteiger partial charge in [0.2, 0.25) is 5.91 Å². The molecule has 0 aliphatic heterocycles. The maximum absolute atomic E-state index is 12.0. The molecule has 2 aromatic rings. The van der Waals surface area contributed by atoms with Gasteiger partial charge < -0.3 is 21.3 Å². The van der Waals surface area contributed by atoms with Gasteiger partial charge in [-0.1, -0.05) is 19.6 Å². The Hall–Kier alpha value is -3.42. The molecule has 8 heteroatoms. The summed E-state index contributed by atoms with van der Waals surface area (Å²) >= 11 is 0. The van der Waals surface area contributed by atoms with Crippen LogP contribution in [-0.4, -0.2) is 40.9 Å². The smallest absolute Gasteiger partial charge is 0.271 e. The summed E-state index contributed by atoms with van der Waals surface area (Å²) < 4.78 is 0. The topological polar surface area (TPSA) is 113 Å². The fourth-order valence-corrected chi connectivity index (χ4v) is 4.28. The SMILES string of the molecule is C=CC(=O)NC1CCC[C@@H](N(C)c2cnc(C(N)=O)c(Nc3ccc(C)c(C)c3)n2)[C@H]1C. The van der Waals surface area contributed by atoms with E-state index in [9.17, 15) is 9.59 Å². The van der Waals surface area contributed by atoms with E-state index in [1.165, 1.54) is 11.6 Å². The molecule has 1 aromatic heterocycles. The lowest BCUT2D eigenvalue weighted by Crippen LogP contribution is -2.51. The zero-order chi connectivity index (χ0) is 23.4. The van der Waals surface area contributed by atoms with Crippen LogP contribution < -0.4 is 21.3 Å². The molecule has 8 nitrogen and oxygen atoms in total. The lowest BCUT2D eigenvalue weighted by Gasteiger charge is -2.41. The van der Waals surface area contributed by atoms with Gasteiger partial charge >= 0.3 is 0 Å². The summed E-state index contributed by atoms with van der Waals surface area (Å²) in [7, 11) is 1.96. The van der Waals surface area contributed by atoms with Gasteiger partial charge in [0.15, 0.2) is 11.5 Å². The van der Waals surface area contributed by atoms with E-state index in [4.69, 9.17) is 10.7 Å². The van der Waals surface area contributed by atoms with Crippen molar-refractivity contribution in [3.63, 3.8) is 0 Å². The van der Waals surface area contributed by atoms with E-state index in [0.29, 0.717) is 11.6 Å². The van der Waals surface area contributed by atoms with Crippen LogP contribution in [0.3, 0.4) is 0 Å². The third-order valence-corrected chi connectivity index (χ3v) is 6.39. The Labute approximate surface area is 189 Å². The minimum atomic E-state index is -0.642. The van der Waals surface area contributed by atoms with Crippen molar-refractivity contribution >= 4 is 29.1 Å². The maximum Gasteiger partial charge on any atom is 0.271 e. The highest BCUT2D eigenvalue weighted by Gasteiger charge is 2.34. The Balaban J connectivity index is 1.87. The molecule has 1 aliphatic rings. The Kier molecular flexibility index (Phi) is 7.12. The first-order valence-electron chi connectivity index (χ1n) is 10.9. The molecular formula is C24H32N6O2. The summed E-state index contributed by atoms with van der Waals surface area (Å²) in [5, 5.41) is 6.24. The third kappa shape index (κ3) is 5.07. The Morgan fingerprint density at radius 2 is 2.00 bits per heavy atom. The van der Waals surface area contributed by atoms with Gasteiger partial charge in [-0.05, 0) is 68.4 Å². The second kappa shape index (κ2) is 9.80. The number of aromatic nitrogens is 2. The zero-order valence-corrected chi connectivity index (χ0v) is 19.2. The van der Waals surface area contributed by atoms with Crippen LogP contribution in [0.25, 0.3) is 0 Å². The summed E-state index contributed by atoms with van der Waals surface area (Å²) in [5.41, 5.74) is 8.75. The molecule has 1 aromatic carbocycles. The van der Waals surface area contributed by atoms with Crippen LogP contribution in [0.15, 0.2) is 37.1 Å². The van der Waals surface area contributed by atoms with E-state index in [1.807, 2.05) is 39.1 Å². The Morgan fingerprint density at radius 3 is 2.66 bits per heavy atom. The minimum Gasteiger partial charge on any atom is -0.364 e. The number of carbonyl (C=O) groups excluding carboxylic acids is 2. The second-order valence-corrected chi connectivity index (χ2v) is 8.50. The molecule has 32 heavy (non-hydrogen) atoms. The molecule has 0 bridgehead atoms. The van der Waals surface area contributed by atoms with E-state index < -0.39 is 5.91 Å². The van der Waals surface area contributed by atoms with Crippen LogP contribution in [0.4, 0.5) is 17.3 Å². The van der Waals surface area contributed by atoms with E-state index >= 15 is 0 Å². The highest BCUT2D eigenvalue weighted by atomic mass is 16.2. The van der Waals surface area contributed by atoms with Gasteiger partial charge in [0.25, 0.3) is 5.91 Å². The molecule has 3 rings (SSSR count). The van der Waals surface area contributed by atoms with Gasteiger partial charge in [-0.3, -0.25) is 9.59 Å². The summed E-state index contributed by atoms with van der Waals surface area (Å²) in [6, 6.07) is 6.15. The molecule has 4 N–H and O–H groups in total. The number of primary amides is 1. The van der Waals surface area contributed by atoms with Crippen molar-refractivity contribution in [2.75, 3.05) is 17.3 Å². The number of rotatable bonds is 7. The van der Waals surface area contributed by atoms with Crippen LogP contribution in [0, 0.1) is 19.8 Å². The van der Waals surface area contributed by atoms with E-state index in [0.717, 1.165) is 30.5 Å². The maximum atomic E-state index is 12.0. The van der Waals surface area contributed by atoms with Gasteiger partial charge in [-0.15, -0.1) is 0 Å². The summed E-state index contributed by atoms with van der Waals surface area (Å²) in [6.07, 6.45) is 5.76. The molecule has 1 unspecified atom stereocenters. The Bertz CT molecular complexity index is 1020. The quantitative estimate of drug-likeness (QED) is 0.574. The lowest BCUT2D eigenvalue weighted by atomic mass is 9.81. The molecule has 170 valence electrons. The fraction of sp³-hybridized carbons (Fsp3) is 0.417. The van der Waals surface area contributed by atoms with Crippen molar-refractivity contribution in [3.05, 3.63) is 53.9 Å². The van der Waals surface area contributed by atoms with Gasteiger partial charge in [0.1, 0.15) is 5.82 Å². The summed E-state index contributed by atoms with van der Waals surface area (Å²) in [5.74, 6) is 0.359. The molecular weight excluding hydrogens is 404 g/mol. The van der Waals surface area contributed by atoms with Crippen LogP contribution >= 0.6 is 0 Å². The number of aryl methyl sites for hydroxylation is 2. The Morgan fingerprint density at radius 1 is 1.25 bits per heavy atom. The van der Waals surface area contributed by atoms with Crippen molar-refractivity contribution < 1.29 is 9.59 Å². The number of nitrogens with one attached hydrogen (secondary N) is 2. The molecule has 1 heterocycles. The van der Waals surface area contributed by atoms with Crippen molar-refractivity contribution in [1.29, 1.82) is 0 Å². The van der Waals surface area contributed by atoms with Crippen LogP contribution in [-0.2, 0) is 4.79 Å². The summed E-state index contributed by atoms with van der Waals surface area (Å²) in [6.45, 7) is 9.74. The highest BCUT2D eigenvalue weighted by Crippen LogP contribution is 2.31. The molecule has 0 saturated heterocycles. The van der Waals surface area contributed by atoms with Crippen molar-refractivity contribution in [2.45, 2.75) is 52.1 Å². The largest absolute Gasteiger partial charge is 0.364 e. The third-order valence-electron chi connectivity index (χ3n) is 6.39. The van der Waals surface area contributed by atoms with E-state index in [2.05, 4.69) is 34.0 Å². The molecule has 0 radical (unpaired) electrons. The summed E-state index contributed by atoms with van der Waals surface area (Å²) in [4.78, 5) is 34.9. The van der Waals surface area contributed by atoms with Crippen LogP contribution in [0.2, 0.25) is 0 Å².